The topological polar surface area (TPSA) is 52.0 Å². The number of oxazole rings is 1. The predicted molar refractivity (Wildman–Crippen MR) is 76.9 cm³/mol. The highest BCUT2D eigenvalue weighted by Gasteiger charge is 2.08. The molecule has 0 radical (unpaired) electrons. The average Bonchev–Trinajstić information content (AvgIpc) is 2.82. The van der Waals surface area contributed by atoms with Gasteiger partial charge in [-0.3, -0.25) is 0 Å². The van der Waals surface area contributed by atoms with E-state index in [2.05, 4.69) is 24.0 Å². The highest BCUT2D eigenvalue weighted by Crippen LogP contribution is 2.25. The molecule has 96 valence electrons. The first-order chi connectivity index (χ1) is 9.26. The molecule has 3 nitrogen and oxygen atoms in total. The third kappa shape index (κ3) is 2.37. The molecule has 2 aromatic carbocycles. The van der Waals surface area contributed by atoms with E-state index in [0.29, 0.717) is 12.4 Å². The first-order valence-electron chi connectivity index (χ1n) is 6.43. The zero-order chi connectivity index (χ0) is 13.2. The Morgan fingerprint density at radius 3 is 2.89 bits per heavy atom. The molecule has 0 saturated carbocycles. The maximum Gasteiger partial charge on any atom is 0.227 e. The van der Waals surface area contributed by atoms with Crippen LogP contribution in [-0.2, 0) is 6.42 Å². The van der Waals surface area contributed by atoms with E-state index in [-0.39, 0.29) is 0 Å². The van der Waals surface area contributed by atoms with Gasteiger partial charge in [-0.2, -0.15) is 0 Å². The van der Waals surface area contributed by atoms with Gasteiger partial charge in [-0.05, 0) is 55.3 Å². The van der Waals surface area contributed by atoms with Crippen LogP contribution < -0.4 is 5.73 Å². The summed E-state index contributed by atoms with van der Waals surface area (Å²) in [6, 6.07) is 14.2. The van der Waals surface area contributed by atoms with Crippen LogP contribution in [0.2, 0.25) is 0 Å². The van der Waals surface area contributed by atoms with Crippen molar-refractivity contribution in [1.82, 2.24) is 4.98 Å². The van der Waals surface area contributed by atoms with Crippen LogP contribution in [0, 0.1) is 6.92 Å². The van der Waals surface area contributed by atoms with Crippen LogP contribution in [0.25, 0.3) is 22.6 Å². The quantitative estimate of drug-likeness (QED) is 0.778. The Morgan fingerprint density at radius 1 is 1.16 bits per heavy atom. The number of aryl methyl sites for hydroxylation is 1. The van der Waals surface area contributed by atoms with E-state index in [1.807, 2.05) is 30.3 Å². The van der Waals surface area contributed by atoms with E-state index < -0.39 is 0 Å². The van der Waals surface area contributed by atoms with Crippen molar-refractivity contribution in [2.75, 3.05) is 6.54 Å². The molecule has 3 heteroatoms. The first kappa shape index (κ1) is 11.9. The first-order valence-corrected chi connectivity index (χ1v) is 6.43. The Bertz CT molecular complexity index is 716. The van der Waals surface area contributed by atoms with Crippen molar-refractivity contribution in [3.05, 3.63) is 53.6 Å². The highest BCUT2D eigenvalue weighted by molar-refractivity contribution is 5.76. The summed E-state index contributed by atoms with van der Waals surface area (Å²) in [6.07, 6.45) is 0.868. The molecule has 0 unspecified atom stereocenters. The van der Waals surface area contributed by atoms with Crippen molar-refractivity contribution >= 4 is 11.1 Å². The molecule has 0 aliphatic rings. The zero-order valence-electron chi connectivity index (χ0n) is 10.9. The lowest BCUT2D eigenvalue weighted by Crippen LogP contribution is -2.02. The summed E-state index contributed by atoms with van der Waals surface area (Å²) < 4.78 is 5.80. The molecule has 19 heavy (non-hydrogen) atoms. The summed E-state index contributed by atoms with van der Waals surface area (Å²) in [6.45, 7) is 2.70. The maximum absolute atomic E-state index is 5.80. The van der Waals surface area contributed by atoms with Gasteiger partial charge < -0.3 is 10.2 Å². The van der Waals surface area contributed by atoms with E-state index in [4.69, 9.17) is 10.2 Å². The molecule has 0 bridgehead atoms. The second kappa shape index (κ2) is 4.86. The van der Waals surface area contributed by atoms with Crippen molar-refractivity contribution in [3.8, 4) is 11.5 Å². The maximum atomic E-state index is 5.80. The van der Waals surface area contributed by atoms with E-state index in [9.17, 15) is 0 Å². The van der Waals surface area contributed by atoms with Gasteiger partial charge in [0.25, 0.3) is 0 Å². The normalized spacial score (nSPS) is 11.1. The van der Waals surface area contributed by atoms with Crippen molar-refractivity contribution < 1.29 is 4.42 Å². The number of hydrogen-bond acceptors (Lipinski definition) is 3. The van der Waals surface area contributed by atoms with Crippen LogP contribution in [0.3, 0.4) is 0 Å². The van der Waals surface area contributed by atoms with Gasteiger partial charge in [-0.25, -0.2) is 4.98 Å². The fourth-order valence-corrected chi connectivity index (χ4v) is 2.19. The third-order valence-corrected chi connectivity index (χ3v) is 3.15. The Morgan fingerprint density at radius 2 is 2.05 bits per heavy atom. The Balaban J connectivity index is 2.05. The number of hydrogen-bond donors (Lipinski definition) is 1. The molecule has 0 aliphatic carbocycles. The van der Waals surface area contributed by atoms with Crippen molar-refractivity contribution in [2.24, 2.45) is 5.73 Å². The second-order valence-electron chi connectivity index (χ2n) is 4.73. The van der Waals surface area contributed by atoms with Crippen LogP contribution in [-0.4, -0.2) is 11.5 Å². The van der Waals surface area contributed by atoms with Gasteiger partial charge in [0.2, 0.25) is 5.89 Å². The molecular weight excluding hydrogens is 236 g/mol. The Labute approximate surface area is 112 Å². The number of nitrogens with zero attached hydrogens (tertiary/aromatic N) is 1. The summed E-state index contributed by atoms with van der Waals surface area (Å²) in [5.74, 6) is 0.666. The molecule has 1 heterocycles. The number of benzene rings is 2. The summed E-state index contributed by atoms with van der Waals surface area (Å²) in [5.41, 5.74) is 10.7. The number of aromatic nitrogens is 1. The minimum Gasteiger partial charge on any atom is -0.436 e. The standard InChI is InChI=1S/C16H16N2O/c1-11-5-6-15-14(9-11)18-16(19-15)13-4-2-3-12(10-13)7-8-17/h2-6,9-10H,7-8,17H2,1H3. The molecule has 0 aliphatic heterocycles. The lowest BCUT2D eigenvalue weighted by molar-refractivity contribution is 0.619. The fraction of sp³-hybridized carbons (Fsp3) is 0.188. The lowest BCUT2D eigenvalue weighted by Gasteiger charge is -2.00. The van der Waals surface area contributed by atoms with Crippen molar-refractivity contribution in [2.45, 2.75) is 13.3 Å². The van der Waals surface area contributed by atoms with Gasteiger partial charge in [0.05, 0.1) is 0 Å². The smallest absolute Gasteiger partial charge is 0.227 e. The summed E-state index contributed by atoms with van der Waals surface area (Å²) >= 11 is 0. The molecule has 0 atom stereocenters. The van der Waals surface area contributed by atoms with Gasteiger partial charge in [0.15, 0.2) is 5.58 Å². The predicted octanol–water partition coefficient (Wildman–Crippen LogP) is 3.30. The number of nitrogens with two attached hydrogens (primary N) is 1. The molecule has 0 amide bonds. The number of rotatable bonds is 3. The molecule has 0 fully saturated rings. The fourth-order valence-electron chi connectivity index (χ4n) is 2.19. The molecule has 1 aromatic heterocycles. The molecule has 3 rings (SSSR count). The van der Waals surface area contributed by atoms with Gasteiger partial charge in [-0.1, -0.05) is 18.2 Å². The third-order valence-electron chi connectivity index (χ3n) is 3.15. The zero-order valence-corrected chi connectivity index (χ0v) is 10.9. The van der Waals surface area contributed by atoms with Crippen LogP contribution in [0.15, 0.2) is 46.9 Å². The van der Waals surface area contributed by atoms with Crippen molar-refractivity contribution in [1.29, 1.82) is 0 Å². The molecule has 2 N–H and O–H groups in total. The Hall–Kier alpha value is -2.13. The summed E-state index contributed by atoms with van der Waals surface area (Å²) in [5, 5.41) is 0. The van der Waals surface area contributed by atoms with Crippen molar-refractivity contribution in [3.63, 3.8) is 0 Å². The molecular formula is C16H16N2O. The minimum absolute atomic E-state index is 0.649. The SMILES string of the molecule is Cc1ccc2oc(-c3cccc(CCN)c3)nc2c1. The van der Waals surface area contributed by atoms with E-state index in [1.165, 1.54) is 11.1 Å². The van der Waals surface area contributed by atoms with Crippen LogP contribution in [0.1, 0.15) is 11.1 Å². The van der Waals surface area contributed by atoms with E-state index in [0.717, 1.165) is 23.1 Å². The molecule has 3 aromatic rings. The highest BCUT2D eigenvalue weighted by atomic mass is 16.3. The van der Waals surface area contributed by atoms with Crippen LogP contribution in [0.4, 0.5) is 0 Å². The van der Waals surface area contributed by atoms with Gasteiger partial charge in [-0.15, -0.1) is 0 Å². The second-order valence-corrected chi connectivity index (χ2v) is 4.73. The Kier molecular flexibility index (Phi) is 3.05. The van der Waals surface area contributed by atoms with Gasteiger partial charge in [0, 0.05) is 5.56 Å². The van der Waals surface area contributed by atoms with E-state index in [1.54, 1.807) is 0 Å². The average molecular weight is 252 g/mol. The van der Waals surface area contributed by atoms with Gasteiger partial charge in [0.1, 0.15) is 5.52 Å². The van der Waals surface area contributed by atoms with Gasteiger partial charge >= 0.3 is 0 Å². The monoisotopic (exact) mass is 252 g/mol. The number of fused-ring (bicyclic) bond motifs is 1. The largest absolute Gasteiger partial charge is 0.436 e. The molecule has 0 saturated heterocycles. The summed E-state index contributed by atoms with van der Waals surface area (Å²) in [7, 11) is 0. The minimum atomic E-state index is 0.649. The summed E-state index contributed by atoms with van der Waals surface area (Å²) in [4.78, 5) is 4.55. The molecule has 0 spiro atoms. The lowest BCUT2D eigenvalue weighted by atomic mass is 10.1. The van der Waals surface area contributed by atoms with E-state index >= 15 is 0 Å². The van der Waals surface area contributed by atoms with Crippen LogP contribution in [0.5, 0.6) is 0 Å². The van der Waals surface area contributed by atoms with Crippen LogP contribution >= 0.6 is 0 Å².